The van der Waals surface area contributed by atoms with Crippen molar-refractivity contribution >= 4 is 11.9 Å². The molecule has 0 radical (unpaired) electrons. The number of esters is 2. The van der Waals surface area contributed by atoms with Crippen molar-refractivity contribution in [3.05, 3.63) is 80.5 Å². The first kappa shape index (κ1) is 40.4. The summed E-state index contributed by atoms with van der Waals surface area (Å²) in [5.74, 6) is 3.08. The molecule has 3 N–H and O–H groups in total. The van der Waals surface area contributed by atoms with Gasteiger partial charge in [-0.05, 0) is 180 Å². The van der Waals surface area contributed by atoms with Crippen molar-refractivity contribution in [1.82, 2.24) is 9.80 Å². The molecule has 1 aromatic rings. The highest BCUT2D eigenvalue weighted by Gasteiger charge is 2.94. The molecule has 1 aromatic carbocycles. The van der Waals surface area contributed by atoms with Crippen LogP contribution in [0.5, 0.6) is 0 Å². The normalized spacial score (nSPS) is 48.6. The van der Waals surface area contributed by atoms with Crippen LogP contribution in [0.2, 0.25) is 0 Å². The van der Waals surface area contributed by atoms with E-state index in [1.165, 1.54) is 89.2 Å². The largest absolute Gasteiger partial charge is 0.508 e. The summed E-state index contributed by atoms with van der Waals surface area (Å²) in [4.78, 5) is 37.7. The molecule has 7 aliphatic heterocycles. The van der Waals surface area contributed by atoms with Gasteiger partial charge in [-0.15, -0.1) is 0 Å². The Bertz CT molecular complexity index is 2600. The van der Waals surface area contributed by atoms with E-state index in [0.29, 0.717) is 83.6 Å². The summed E-state index contributed by atoms with van der Waals surface area (Å²) in [6.45, 7) is 7.84. The maximum absolute atomic E-state index is 16.5. The predicted molar refractivity (Wildman–Crippen MR) is 254 cm³/mol. The van der Waals surface area contributed by atoms with E-state index in [1.807, 2.05) is 0 Å². The lowest BCUT2D eigenvalue weighted by molar-refractivity contribution is -0.283. The monoisotopic (exact) mass is 904 g/mol. The van der Waals surface area contributed by atoms with E-state index in [1.54, 1.807) is 22.4 Å². The topological polar surface area (TPSA) is 105 Å². The second-order valence-corrected chi connectivity index (χ2v) is 26.3. The van der Waals surface area contributed by atoms with E-state index in [-0.39, 0.29) is 47.1 Å². The third kappa shape index (κ3) is 4.41. The predicted octanol–water partition coefficient (Wildman–Crippen LogP) is 10.6. The van der Waals surface area contributed by atoms with E-state index < -0.39 is 16.4 Å². The number of fused-ring (bicyclic) bond motifs is 8. The summed E-state index contributed by atoms with van der Waals surface area (Å²) < 4.78 is 14.6. The molecule has 4 saturated carbocycles. The fourth-order valence-corrected chi connectivity index (χ4v) is 22.5. The molecule has 4 saturated heterocycles. The Hall–Kier alpha value is -3.36. The summed E-state index contributed by atoms with van der Waals surface area (Å²) in [5, 5.41) is 14.0. The van der Waals surface area contributed by atoms with Crippen molar-refractivity contribution in [3.8, 4) is 0 Å². The standard InChI is InChI=1S/C59H73N3O5/c1-31-23-34-15-20-56-28-41(34)47-39-16-21-57-52(66-54(65)58(47,57)45(24-31)59(57)42-9-5-7-33(8-6-22-60)46(42)53(64)67-59)51(63)40-11-13-44-38-26-37(29-61(44)49(40)36-14-19-55(27-36)17-3-4-18-55)43-12-10-35(25-32(56)2)50(48(39)56)62(43)30-38/h5,7,9,23,31-32,36-38,40-41,43-45,48-49,63H,3-4,6,8,10-22,24-30,60H2,1-2H3. The molecule has 9 bridgehead atoms. The second-order valence-electron chi connectivity index (χ2n) is 26.3. The molecule has 8 nitrogen and oxygen atoms in total. The number of piperidine rings is 3. The Balaban J connectivity index is 1.01. The van der Waals surface area contributed by atoms with Crippen LogP contribution in [0.1, 0.15) is 164 Å². The zero-order valence-electron chi connectivity index (χ0n) is 40.3. The van der Waals surface area contributed by atoms with Gasteiger partial charge in [-0.25, -0.2) is 4.79 Å². The Morgan fingerprint density at radius 1 is 0.896 bits per heavy atom. The molecule has 8 aliphatic carbocycles. The Kier molecular flexibility index (Phi) is 7.91. The molecule has 8 heteroatoms. The zero-order valence-corrected chi connectivity index (χ0v) is 40.3. The highest BCUT2D eigenvalue weighted by molar-refractivity contribution is 6.00. The molecule has 5 spiro atoms. The maximum atomic E-state index is 16.5. The summed E-state index contributed by atoms with van der Waals surface area (Å²) in [6, 6.07) is 7.71. The molecule has 7 heterocycles. The van der Waals surface area contributed by atoms with Crippen LogP contribution in [0, 0.1) is 74.9 Å². The minimum atomic E-state index is -1.13. The lowest BCUT2D eigenvalue weighted by atomic mass is 9.26. The third-order valence-corrected chi connectivity index (χ3v) is 24.4. The number of rotatable bonds is 4. The number of hydrogen-bond donors (Lipinski definition) is 2. The fourth-order valence-electron chi connectivity index (χ4n) is 22.5. The number of hydrogen-bond acceptors (Lipinski definition) is 8. The fraction of sp³-hybridized carbons (Fsp3) is 0.729. The van der Waals surface area contributed by atoms with Gasteiger partial charge in [0, 0.05) is 66.1 Å². The summed E-state index contributed by atoms with van der Waals surface area (Å²) >= 11 is 0. The minimum Gasteiger partial charge on any atom is -0.508 e. The van der Waals surface area contributed by atoms with Crippen molar-refractivity contribution in [2.24, 2.45) is 80.7 Å². The van der Waals surface area contributed by atoms with Crippen LogP contribution in [-0.2, 0) is 26.3 Å². The van der Waals surface area contributed by atoms with Gasteiger partial charge in [-0.1, -0.05) is 67.7 Å². The Labute approximate surface area is 397 Å². The first-order valence-corrected chi connectivity index (χ1v) is 28.0. The molecule has 0 aromatic heterocycles. The van der Waals surface area contributed by atoms with Gasteiger partial charge in [-0.3, -0.25) is 9.69 Å². The number of aliphatic hydroxyl groups is 1. The number of aliphatic hydroxyl groups excluding tert-OH is 1. The van der Waals surface area contributed by atoms with Gasteiger partial charge in [0.25, 0.3) is 0 Å². The van der Waals surface area contributed by atoms with Gasteiger partial charge < -0.3 is 25.2 Å². The third-order valence-electron chi connectivity index (χ3n) is 24.4. The van der Waals surface area contributed by atoms with Crippen LogP contribution >= 0.6 is 0 Å². The number of nitrogens with two attached hydrogens (primary N) is 1. The summed E-state index contributed by atoms with van der Waals surface area (Å²) in [7, 11) is 0. The number of nitrogens with zero attached hydrogens (tertiary/aromatic N) is 2. The van der Waals surface area contributed by atoms with Crippen LogP contribution in [0.25, 0.3) is 0 Å². The van der Waals surface area contributed by atoms with Gasteiger partial charge >= 0.3 is 11.9 Å². The van der Waals surface area contributed by atoms with Gasteiger partial charge in [0.1, 0.15) is 11.2 Å². The quantitative estimate of drug-likeness (QED) is 0.227. The van der Waals surface area contributed by atoms with Crippen LogP contribution in [-0.4, -0.2) is 64.6 Å². The second kappa shape index (κ2) is 13.1. The van der Waals surface area contributed by atoms with Gasteiger partial charge in [0.05, 0.1) is 11.0 Å². The molecular weight excluding hydrogens is 831 g/mol. The van der Waals surface area contributed by atoms with E-state index >= 15 is 9.59 Å². The SMILES string of the molecule is CC1C=C2CCC34CC2C2=C5CCC67C(=C(O)C8CCC9C%10CC(CN9C8C8CCC9(CCCC9)C8)C8CCC(=C(C53)N8C%10)CC4C)OC(=O)C26C(C1)C71OC(=O)c2c(CCCN)cccc21. The van der Waals surface area contributed by atoms with Crippen molar-refractivity contribution < 1.29 is 24.2 Å². The molecule has 0 amide bonds. The van der Waals surface area contributed by atoms with Crippen LogP contribution < -0.4 is 5.73 Å². The Morgan fingerprint density at radius 2 is 1.76 bits per heavy atom. The number of carbonyl (C=O) groups is 2. The van der Waals surface area contributed by atoms with Crippen LogP contribution in [0.3, 0.4) is 0 Å². The average molecular weight is 904 g/mol. The number of allylic oxidation sites excluding steroid dienone is 4. The minimum absolute atomic E-state index is 0.121. The van der Waals surface area contributed by atoms with E-state index in [9.17, 15) is 5.11 Å². The van der Waals surface area contributed by atoms with Crippen molar-refractivity contribution in [2.45, 2.75) is 172 Å². The molecule has 16 rings (SSSR count). The number of aryl methyl sites for hydroxylation is 1. The molecule has 67 heavy (non-hydrogen) atoms. The smallest absolute Gasteiger partial charge is 0.339 e. The van der Waals surface area contributed by atoms with E-state index in [0.717, 1.165) is 62.6 Å². The number of ether oxygens (including phenoxy) is 2. The molecule has 15 aliphatic rings. The van der Waals surface area contributed by atoms with Gasteiger partial charge in [-0.2, -0.15) is 0 Å². The molecule has 16 atom stereocenters. The van der Waals surface area contributed by atoms with Gasteiger partial charge in [0.2, 0.25) is 0 Å². The molecule has 354 valence electrons. The number of carbonyl (C=O) groups excluding carboxylic acids is 2. The highest BCUT2D eigenvalue weighted by Crippen LogP contribution is 2.89. The molecule has 16 unspecified atom stereocenters. The maximum Gasteiger partial charge on any atom is 0.339 e. The lowest BCUT2D eigenvalue weighted by Crippen LogP contribution is -2.78. The van der Waals surface area contributed by atoms with Gasteiger partial charge in [0.15, 0.2) is 11.4 Å². The molecular formula is C59H73N3O5. The van der Waals surface area contributed by atoms with E-state index in [2.05, 4.69) is 47.9 Å². The lowest BCUT2D eigenvalue weighted by Gasteiger charge is -2.74. The average Bonchev–Trinajstić information content (AvgIpc) is 4.10. The van der Waals surface area contributed by atoms with Crippen molar-refractivity contribution in [3.63, 3.8) is 0 Å². The van der Waals surface area contributed by atoms with Crippen LogP contribution in [0.4, 0.5) is 0 Å². The summed E-state index contributed by atoms with van der Waals surface area (Å²) in [5.41, 5.74) is 14.2. The van der Waals surface area contributed by atoms with Crippen molar-refractivity contribution in [2.75, 3.05) is 19.6 Å². The highest BCUT2D eigenvalue weighted by atomic mass is 16.6. The van der Waals surface area contributed by atoms with Crippen molar-refractivity contribution in [1.29, 1.82) is 0 Å². The first-order valence-electron chi connectivity index (χ1n) is 28.0. The number of benzene rings is 1. The Morgan fingerprint density at radius 3 is 2.63 bits per heavy atom. The molecule has 8 fully saturated rings. The first-order chi connectivity index (χ1) is 32.6. The van der Waals surface area contributed by atoms with E-state index in [4.69, 9.17) is 15.2 Å². The zero-order chi connectivity index (χ0) is 44.7. The van der Waals surface area contributed by atoms with Crippen LogP contribution in [0.15, 0.2) is 63.8 Å². The summed E-state index contributed by atoms with van der Waals surface area (Å²) in [6.07, 6.45) is 26.1.